The maximum absolute atomic E-state index is 14.8. The van der Waals surface area contributed by atoms with Crippen molar-refractivity contribution in [2.24, 2.45) is 11.3 Å². The van der Waals surface area contributed by atoms with E-state index in [1.54, 1.807) is 7.11 Å². The summed E-state index contributed by atoms with van der Waals surface area (Å²) < 4.78 is 37.7. The van der Waals surface area contributed by atoms with Gasteiger partial charge >= 0.3 is 13.7 Å². The minimum absolute atomic E-state index is 0.0221. The van der Waals surface area contributed by atoms with Gasteiger partial charge in [-0.15, -0.1) is 6.58 Å². The molecule has 3 N–H and O–H groups in total. The van der Waals surface area contributed by atoms with Crippen molar-refractivity contribution in [3.8, 4) is 22.8 Å². The average molecular weight is 839 g/mol. The number of ether oxygens (including phenoxy) is 3. The molecule has 3 amide bonds. The predicted molar refractivity (Wildman–Crippen MR) is 228 cm³/mol. The number of amides is 3. The van der Waals surface area contributed by atoms with Crippen LogP contribution in [-0.4, -0.2) is 82.5 Å². The van der Waals surface area contributed by atoms with Crippen molar-refractivity contribution in [3.05, 3.63) is 103 Å². The molecule has 1 aliphatic heterocycles. The van der Waals surface area contributed by atoms with Crippen LogP contribution in [0.2, 0.25) is 0 Å². The van der Waals surface area contributed by atoms with E-state index < -0.39 is 60.3 Å². The molecule has 4 aromatic rings. The Labute approximate surface area is 351 Å². The number of likely N-dealkylation sites (tertiary alicyclic amines) is 1. The van der Waals surface area contributed by atoms with Gasteiger partial charge in [0.05, 0.1) is 31.5 Å². The zero-order valence-electron chi connectivity index (χ0n) is 34.7. The molecule has 2 saturated carbocycles. The van der Waals surface area contributed by atoms with E-state index in [-0.39, 0.29) is 32.1 Å². The van der Waals surface area contributed by atoms with E-state index in [0.717, 1.165) is 36.8 Å². The normalized spacial score (nSPS) is 23.0. The Kier molecular flexibility index (Phi) is 12.7. The summed E-state index contributed by atoms with van der Waals surface area (Å²) in [6.45, 7) is 9.28. The molecule has 14 heteroatoms. The number of nitrogens with zero attached hydrogens (tertiary/aromatic N) is 2. The molecule has 3 aromatic carbocycles. The van der Waals surface area contributed by atoms with Crippen LogP contribution in [0.1, 0.15) is 64.9 Å². The molecule has 3 fully saturated rings. The second kappa shape index (κ2) is 17.8. The highest BCUT2D eigenvalue weighted by molar-refractivity contribution is 7.55. The van der Waals surface area contributed by atoms with E-state index in [1.807, 2.05) is 106 Å². The standard InChI is InChI=1S/C46H55N4O9P/c1-6-32-28-46(32,60(54,55)57-24-23-30-15-9-7-10-16-30)49-42(51)39-26-35(29-50(39)43(52)41(45(2,3)4)48-44(53)59-33-19-13-14-20-33)58-40-27-37(31-17-11-8-12-18-31)47-38-25-34(56-5)21-22-36(38)40/h6-12,15-18,21-22,25,27,32-33,35,39,41H,1,13-14,19-20,23-24,26,28-29H2,2-5H3,(H,48,53)(H,49,51)(H,54,55)/t32?,35-,39?,41-,46+/m1/s1. The van der Waals surface area contributed by atoms with Crippen molar-refractivity contribution in [3.63, 3.8) is 0 Å². The van der Waals surface area contributed by atoms with Crippen molar-refractivity contribution >= 4 is 36.4 Å². The number of hydrogen-bond acceptors (Lipinski definition) is 9. The minimum Gasteiger partial charge on any atom is -0.497 e. The van der Waals surface area contributed by atoms with Crippen LogP contribution in [0.15, 0.2) is 97.6 Å². The third-order valence-corrected chi connectivity index (χ3v) is 13.9. The lowest BCUT2D eigenvalue weighted by molar-refractivity contribution is -0.142. The van der Waals surface area contributed by atoms with Crippen LogP contribution >= 0.6 is 7.60 Å². The van der Waals surface area contributed by atoms with Gasteiger partial charge in [-0.05, 0) is 61.6 Å². The zero-order chi connectivity index (χ0) is 42.7. The molecule has 6 atom stereocenters. The van der Waals surface area contributed by atoms with Gasteiger partial charge in [0.15, 0.2) is 0 Å². The van der Waals surface area contributed by atoms with Gasteiger partial charge in [-0.25, -0.2) is 9.78 Å². The second-order valence-electron chi connectivity index (χ2n) is 17.0. The molecular weight excluding hydrogens is 783 g/mol. The molecule has 318 valence electrons. The Morgan fingerprint density at radius 1 is 1.02 bits per heavy atom. The fourth-order valence-corrected chi connectivity index (χ4v) is 10.0. The van der Waals surface area contributed by atoms with E-state index >= 15 is 0 Å². The molecule has 3 aliphatic rings. The Balaban J connectivity index is 1.19. The fraction of sp³-hybridized carbons (Fsp3) is 0.435. The van der Waals surface area contributed by atoms with Gasteiger partial charge < -0.3 is 39.2 Å². The number of fused-ring (bicyclic) bond motifs is 1. The monoisotopic (exact) mass is 838 g/mol. The number of pyridine rings is 1. The van der Waals surface area contributed by atoms with Gasteiger partial charge in [0.2, 0.25) is 11.8 Å². The van der Waals surface area contributed by atoms with Gasteiger partial charge in [-0.1, -0.05) is 87.5 Å². The lowest BCUT2D eigenvalue weighted by Gasteiger charge is -2.35. The SMILES string of the molecule is C=CC1C[C@]1(NC(=O)C1C[C@@H](Oc2cc(-c3ccccc3)nc3cc(OC)ccc23)CN1C(=O)[C@@H](NC(=O)OC1CCCC1)C(C)(C)C)P(=O)(O)OCCc1ccccc1. The summed E-state index contributed by atoms with van der Waals surface area (Å²) in [7, 11) is -2.90. The lowest BCUT2D eigenvalue weighted by Crippen LogP contribution is -2.58. The van der Waals surface area contributed by atoms with Gasteiger partial charge in [0.1, 0.15) is 41.1 Å². The largest absolute Gasteiger partial charge is 0.497 e. The van der Waals surface area contributed by atoms with Gasteiger partial charge in [0.25, 0.3) is 0 Å². The molecule has 0 spiro atoms. The van der Waals surface area contributed by atoms with E-state index in [4.69, 9.17) is 23.7 Å². The number of nitrogens with one attached hydrogen (secondary N) is 2. The predicted octanol–water partition coefficient (Wildman–Crippen LogP) is 7.81. The molecule has 0 bridgehead atoms. The third-order valence-electron chi connectivity index (χ3n) is 11.8. The molecule has 2 aliphatic carbocycles. The number of alkyl carbamates (subject to hydrolysis) is 1. The van der Waals surface area contributed by atoms with Crippen LogP contribution in [0.25, 0.3) is 22.2 Å². The quantitative estimate of drug-likeness (QED) is 0.0795. The number of carbonyl (C=O) groups excluding carboxylic acids is 3. The zero-order valence-corrected chi connectivity index (χ0v) is 35.6. The molecule has 7 rings (SSSR count). The van der Waals surface area contributed by atoms with E-state index in [9.17, 15) is 23.8 Å². The maximum atomic E-state index is 14.8. The van der Waals surface area contributed by atoms with Crippen LogP contribution in [0.4, 0.5) is 4.79 Å². The van der Waals surface area contributed by atoms with E-state index in [1.165, 1.54) is 11.0 Å². The maximum Gasteiger partial charge on any atom is 0.408 e. The van der Waals surface area contributed by atoms with E-state index in [0.29, 0.717) is 34.5 Å². The minimum atomic E-state index is -4.48. The van der Waals surface area contributed by atoms with Gasteiger partial charge in [-0.3, -0.25) is 14.2 Å². The molecule has 3 unspecified atom stereocenters. The molecule has 0 radical (unpaired) electrons. The summed E-state index contributed by atoms with van der Waals surface area (Å²) in [5.74, 6) is -0.594. The first-order valence-corrected chi connectivity index (χ1v) is 22.2. The van der Waals surface area contributed by atoms with Crippen LogP contribution < -0.4 is 20.1 Å². The van der Waals surface area contributed by atoms with Crippen LogP contribution in [0.3, 0.4) is 0 Å². The van der Waals surface area contributed by atoms with Crippen molar-refractivity contribution in [2.75, 3.05) is 20.3 Å². The van der Waals surface area contributed by atoms with Gasteiger partial charge in [0, 0.05) is 35.4 Å². The number of rotatable bonds is 15. The number of aromatic nitrogens is 1. The van der Waals surface area contributed by atoms with Crippen molar-refractivity contribution in [1.82, 2.24) is 20.5 Å². The molecule has 1 aromatic heterocycles. The van der Waals surface area contributed by atoms with Crippen molar-refractivity contribution < 1.29 is 42.6 Å². The smallest absolute Gasteiger partial charge is 0.408 e. The lowest BCUT2D eigenvalue weighted by atomic mass is 9.85. The van der Waals surface area contributed by atoms with Gasteiger partial charge in [-0.2, -0.15) is 0 Å². The first kappa shape index (κ1) is 42.9. The number of benzene rings is 3. The summed E-state index contributed by atoms with van der Waals surface area (Å²) in [6.07, 6.45) is 3.92. The first-order chi connectivity index (χ1) is 28.7. The fourth-order valence-electron chi connectivity index (χ4n) is 8.27. The highest BCUT2D eigenvalue weighted by atomic mass is 31.2. The van der Waals surface area contributed by atoms with Crippen LogP contribution in [0, 0.1) is 11.3 Å². The topological polar surface area (TPSA) is 166 Å². The molecule has 2 heterocycles. The Hall–Kier alpha value is -5.23. The number of methoxy groups -OCH3 is 1. The van der Waals surface area contributed by atoms with Crippen molar-refractivity contribution in [2.45, 2.75) is 95.3 Å². The highest BCUT2D eigenvalue weighted by Crippen LogP contribution is 2.70. The van der Waals surface area contributed by atoms with Crippen molar-refractivity contribution in [1.29, 1.82) is 0 Å². The Morgan fingerprint density at radius 2 is 1.72 bits per heavy atom. The molecule has 1 saturated heterocycles. The average Bonchev–Trinajstić information content (AvgIpc) is 3.49. The summed E-state index contributed by atoms with van der Waals surface area (Å²) in [5.41, 5.74) is 2.28. The molecule has 13 nitrogen and oxygen atoms in total. The second-order valence-corrected chi connectivity index (χ2v) is 19.1. The molecule has 60 heavy (non-hydrogen) atoms. The Bertz CT molecular complexity index is 2240. The number of carbonyl (C=O) groups is 3. The summed E-state index contributed by atoms with van der Waals surface area (Å²) in [5, 5.41) is 4.76. The summed E-state index contributed by atoms with van der Waals surface area (Å²) >= 11 is 0. The third kappa shape index (κ3) is 9.38. The number of hydrogen-bond donors (Lipinski definition) is 3. The Morgan fingerprint density at radius 3 is 2.37 bits per heavy atom. The first-order valence-electron chi connectivity index (χ1n) is 20.7. The summed E-state index contributed by atoms with van der Waals surface area (Å²) in [4.78, 5) is 60.5. The summed E-state index contributed by atoms with van der Waals surface area (Å²) in [6, 6.07) is 24.2. The van der Waals surface area contributed by atoms with Crippen LogP contribution in [-0.2, 0) is 29.8 Å². The van der Waals surface area contributed by atoms with Crippen LogP contribution in [0.5, 0.6) is 11.5 Å². The molecular formula is C46H55N4O9P. The van der Waals surface area contributed by atoms with E-state index in [2.05, 4.69) is 17.2 Å². The highest BCUT2D eigenvalue weighted by Gasteiger charge is 2.67.